The fourth-order valence-corrected chi connectivity index (χ4v) is 1.95. The van der Waals surface area contributed by atoms with Gasteiger partial charge in [-0.15, -0.1) is 0 Å². The van der Waals surface area contributed by atoms with E-state index in [0.717, 1.165) is 0 Å². The van der Waals surface area contributed by atoms with Crippen LogP contribution in [-0.2, 0) is 0 Å². The van der Waals surface area contributed by atoms with E-state index in [0.29, 0.717) is 15.6 Å². The van der Waals surface area contributed by atoms with E-state index in [1.807, 2.05) is 0 Å². The minimum atomic E-state index is -0.497. The maximum absolute atomic E-state index is 12.0. The van der Waals surface area contributed by atoms with Crippen LogP contribution in [0.4, 0.5) is 0 Å². The molecule has 0 amide bonds. The van der Waals surface area contributed by atoms with Crippen molar-refractivity contribution >= 4 is 27.5 Å². The Bertz CT molecular complexity index is 606. The molecular weight excluding hydrogens is 306 g/mol. The number of carbonyl (C=O) groups is 2. The van der Waals surface area contributed by atoms with Crippen LogP contribution in [0.2, 0.25) is 0 Å². The minimum Gasteiger partial charge on any atom is -0.285 e. The van der Waals surface area contributed by atoms with Gasteiger partial charge in [0.05, 0.1) is 0 Å². The second-order valence-corrected chi connectivity index (χ2v) is 4.36. The van der Waals surface area contributed by atoms with E-state index in [2.05, 4.69) is 22.5 Å². The molecule has 0 saturated carbocycles. The topological polar surface area (TPSA) is 57.9 Å². The molecular formula is C15H10BrNO2. The molecule has 0 spiro atoms. The summed E-state index contributed by atoms with van der Waals surface area (Å²) in [6, 6.07) is 15.5. The number of carbonyl (C=O) groups excluding carboxylic acids is 2. The van der Waals surface area contributed by atoms with Gasteiger partial charge in [0.25, 0.3) is 0 Å². The van der Waals surface area contributed by atoms with Gasteiger partial charge < -0.3 is 0 Å². The zero-order valence-corrected chi connectivity index (χ0v) is 11.5. The van der Waals surface area contributed by atoms with Crippen LogP contribution in [0.5, 0.6) is 0 Å². The van der Waals surface area contributed by atoms with Gasteiger partial charge in [-0.3, -0.25) is 9.59 Å². The summed E-state index contributed by atoms with van der Waals surface area (Å²) in [5.74, 6) is -0.985. The Labute approximate surface area is 119 Å². The number of hydrogen-bond donors (Lipinski definition) is 0. The van der Waals surface area contributed by atoms with E-state index < -0.39 is 11.6 Å². The molecule has 0 aliphatic rings. The summed E-state index contributed by atoms with van der Waals surface area (Å²) in [4.78, 5) is 23.9. The summed E-state index contributed by atoms with van der Waals surface area (Å²) in [5.41, 5.74) is 0.801. The summed E-state index contributed by atoms with van der Waals surface area (Å²) in [7, 11) is 0. The Hall–Kier alpha value is -2.25. The lowest BCUT2D eigenvalue weighted by atomic mass is 10.0. The highest BCUT2D eigenvalue weighted by Gasteiger charge is 2.19. The highest BCUT2D eigenvalue weighted by atomic mass is 79.9. The molecule has 0 aliphatic heterocycles. The zero-order chi connectivity index (χ0) is 14.3. The van der Waals surface area contributed by atoms with Gasteiger partial charge in [0.2, 0.25) is 11.6 Å². The average molecular weight is 316 g/mol. The van der Waals surface area contributed by atoms with Crippen molar-refractivity contribution in [1.82, 2.24) is 0 Å². The van der Waals surface area contributed by atoms with Gasteiger partial charge in [-0.25, -0.2) is 5.26 Å². The van der Waals surface area contributed by atoms with Gasteiger partial charge in [-0.1, -0.05) is 58.4 Å². The van der Waals surface area contributed by atoms with Crippen LogP contribution in [0.3, 0.4) is 0 Å². The zero-order valence-electron chi connectivity index (χ0n) is 9.92. The summed E-state index contributed by atoms with van der Waals surface area (Å²) in [5, 5.41) is 6.50. The lowest BCUT2D eigenvalue weighted by molar-refractivity contribution is 0.0816. The lowest BCUT2D eigenvalue weighted by Crippen LogP contribution is -2.14. The maximum atomic E-state index is 12.0. The first-order valence-electron chi connectivity index (χ1n) is 5.34. The molecule has 0 radical (unpaired) electrons. The minimum absolute atomic E-state index is 0.390. The van der Waals surface area contributed by atoms with Gasteiger partial charge in [-0.05, 0) is 12.1 Å². The highest BCUT2D eigenvalue weighted by Crippen LogP contribution is 2.18. The fraction of sp³-hybridized carbons (Fsp3) is 0. The van der Waals surface area contributed by atoms with E-state index in [-0.39, 0.29) is 0 Å². The second kappa shape index (κ2) is 7.24. The van der Waals surface area contributed by atoms with Gasteiger partial charge in [0, 0.05) is 22.2 Å². The summed E-state index contributed by atoms with van der Waals surface area (Å²) in [6.45, 7) is 3.50. The molecule has 0 aliphatic carbocycles. The fourth-order valence-electron chi connectivity index (χ4n) is 1.49. The Kier molecular flexibility index (Phi) is 5.65. The molecule has 4 heteroatoms. The van der Waals surface area contributed by atoms with Crippen molar-refractivity contribution in [2.24, 2.45) is 0 Å². The number of hydrogen-bond acceptors (Lipinski definition) is 3. The van der Waals surface area contributed by atoms with Crippen LogP contribution in [0.25, 0.3) is 0 Å². The summed E-state index contributed by atoms with van der Waals surface area (Å²) in [6.07, 6.45) is 0. The van der Waals surface area contributed by atoms with Crippen molar-refractivity contribution < 1.29 is 9.59 Å². The van der Waals surface area contributed by atoms with Gasteiger partial charge in [-0.2, -0.15) is 0 Å². The molecule has 2 aromatic carbocycles. The summed E-state index contributed by atoms with van der Waals surface area (Å²) >= 11 is 3.26. The lowest BCUT2D eigenvalue weighted by Gasteiger charge is -2.02. The number of Topliss-reactive ketones (excluding diaryl/α,β-unsaturated/α-hetero) is 2. The van der Waals surface area contributed by atoms with Crippen LogP contribution in [0, 0.1) is 11.8 Å². The third-order valence-electron chi connectivity index (χ3n) is 2.36. The van der Waals surface area contributed by atoms with E-state index in [4.69, 9.17) is 5.26 Å². The standard InChI is InChI=1S/C14H9BrO2.CHN/c15-12-9-5-4-8-11(12)14(17)13(16)10-6-2-1-3-7-10;1-2/h1-9H;1H. The average Bonchev–Trinajstić information content (AvgIpc) is 2.49. The van der Waals surface area contributed by atoms with E-state index in [1.165, 1.54) is 0 Å². The number of ketones is 2. The largest absolute Gasteiger partial charge is 0.285 e. The monoisotopic (exact) mass is 315 g/mol. The normalized spacial score (nSPS) is 9.00. The molecule has 2 rings (SSSR count). The first kappa shape index (κ1) is 14.8. The molecule has 0 unspecified atom stereocenters. The molecule has 2 aromatic rings. The molecule has 0 bridgehead atoms. The first-order valence-corrected chi connectivity index (χ1v) is 6.14. The predicted octanol–water partition coefficient (Wildman–Crippen LogP) is 3.65. The van der Waals surface area contributed by atoms with Crippen LogP contribution in [0.1, 0.15) is 20.7 Å². The molecule has 19 heavy (non-hydrogen) atoms. The van der Waals surface area contributed by atoms with Crippen molar-refractivity contribution in [2.75, 3.05) is 0 Å². The van der Waals surface area contributed by atoms with Gasteiger partial charge >= 0.3 is 0 Å². The number of rotatable bonds is 3. The van der Waals surface area contributed by atoms with Crippen LogP contribution < -0.4 is 0 Å². The maximum Gasteiger partial charge on any atom is 0.234 e. The third kappa shape index (κ3) is 3.60. The molecule has 0 N–H and O–H groups in total. The van der Waals surface area contributed by atoms with Crippen molar-refractivity contribution in [1.29, 1.82) is 5.26 Å². The number of benzene rings is 2. The molecule has 0 fully saturated rings. The Morgan fingerprint density at radius 2 is 1.37 bits per heavy atom. The van der Waals surface area contributed by atoms with Gasteiger partial charge in [0.1, 0.15) is 0 Å². The number of nitriles is 1. The molecule has 94 valence electrons. The van der Waals surface area contributed by atoms with E-state index >= 15 is 0 Å². The Balaban J connectivity index is 0.000000861. The van der Waals surface area contributed by atoms with Crippen LogP contribution in [-0.4, -0.2) is 11.6 Å². The van der Waals surface area contributed by atoms with Crippen molar-refractivity contribution in [3.63, 3.8) is 0 Å². The third-order valence-corrected chi connectivity index (χ3v) is 3.05. The quantitative estimate of drug-likeness (QED) is 0.641. The van der Waals surface area contributed by atoms with Gasteiger partial charge in [0.15, 0.2) is 0 Å². The van der Waals surface area contributed by atoms with Crippen molar-refractivity contribution in [2.45, 2.75) is 0 Å². The number of halogens is 1. The van der Waals surface area contributed by atoms with Crippen molar-refractivity contribution in [3.8, 4) is 6.57 Å². The Morgan fingerprint density at radius 1 is 0.842 bits per heavy atom. The highest BCUT2D eigenvalue weighted by molar-refractivity contribution is 9.10. The van der Waals surface area contributed by atoms with Crippen LogP contribution >= 0.6 is 15.9 Å². The van der Waals surface area contributed by atoms with Crippen molar-refractivity contribution in [3.05, 3.63) is 70.2 Å². The summed E-state index contributed by atoms with van der Waals surface area (Å²) < 4.78 is 0.634. The van der Waals surface area contributed by atoms with E-state index in [9.17, 15) is 9.59 Å². The van der Waals surface area contributed by atoms with E-state index in [1.54, 1.807) is 54.6 Å². The second-order valence-electron chi connectivity index (χ2n) is 3.50. The molecule has 3 nitrogen and oxygen atoms in total. The molecule has 0 saturated heterocycles. The Morgan fingerprint density at radius 3 is 1.95 bits per heavy atom. The SMILES string of the molecule is C#N.O=C(C(=O)c1ccccc1Br)c1ccccc1. The molecule has 0 atom stereocenters. The number of nitrogens with zero attached hydrogens (tertiary/aromatic N) is 1. The molecule has 0 aromatic heterocycles. The predicted molar refractivity (Wildman–Crippen MR) is 75.9 cm³/mol. The molecule has 0 heterocycles. The van der Waals surface area contributed by atoms with Crippen LogP contribution in [0.15, 0.2) is 59.1 Å². The first-order chi connectivity index (χ1) is 9.20. The smallest absolute Gasteiger partial charge is 0.234 e.